The van der Waals surface area contributed by atoms with Gasteiger partial charge in [-0.3, -0.25) is 0 Å². The summed E-state index contributed by atoms with van der Waals surface area (Å²) >= 11 is 5.54. The van der Waals surface area contributed by atoms with Crippen molar-refractivity contribution in [3.05, 3.63) is 53.6 Å². The maximum atomic E-state index is 12.3. The molecule has 2 aromatic carbocycles. The van der Waals surface area contributed by atoms with Crippen LogP contribution >= 0.6 is 12.2 Å². The highest BCUT2D eigenvalue weighted by Crippen LogP contribution is 2.31. The Morgan fingerprint density at radius 2 is 1.84 bits per heavy atom. The Kier molecular flexibility index (Phi) is 4.81. The van der Waals surface area contributed by atoms with Gasteiger partial charge in [0.05, 0.1) is 4.90 Å². The van der Waals surface area contributed by atoms with Gasteiger partial charge in [0.1, 0.15) is 0 Å². The number of anilines is 2. The number of thiocarbonyl (C=S) groups is 1. The zero-order valence-electron chi connectivity index (χ0n) is 14.5. The first-order valence-corrected chi connectivity index (χ1v) is 9.84. The molecule has 0 atom stereocenters. The quantitative estimate of drug-likeness (QED) is 0.836. The van der Waals surface area contributed by atoms with Gasteiger partial charge in [-0.15, -0.1) is 0 Å². The van der Waals surface area contributed by atoms with Gasteiger partial charge in [-0.05, 0) is 61.5 Å². The number of sulfonamides is 1. The van der Waals surface area contributed by atoms with E-state index < -0.39 is 10.0 Å². The van der Waals surface area contributed by atoms with Crippen LogP contribution in [0.15, 0.2) is 47.4 Å². The number of hydrogen-bond donors (Lipinski definition) is 1. The molecule has 0 aliphatic carbocycles. The van der Waals surface area contributed by atoms with Crippen LogP contribution < -0.4 is 10.2 Å². The van der Waals surface area contributed by atoms with Crippen molar-refractivity contribution in [3.8, 4) is 0 Å². The van der Waals surface area contributed by atoms with Crippen molar-refractivity contribution in [1.29, 1.82) is 0 Å². The van der Waals surface area contributed by atoms with Gasteiger partial charge < -0.3 is 10.2 Å². The molecular weight excluding hydrogens is 354 g/mol. The number of hydrogen-bond acceptors (Lipinski definition) is 3. The molecule has 0 saturated carbocycles. The van der Waals surface area contributed by atoms with Gasteiger partial charge >= 0.3 is 0 Å². The van der Waals surface area contributed by atoms with E-state index in [1.165, 1.54) is 24.0 Å². The van der Waals surface area contributed by atoms with Crippen LogP contribution in [0.25, 0.3) is 0 Å². The van der Waals surface area contributed by atoms with Crippen LogP contribution in [0.5, 0.6) is 0 Å². The first-order valence-electron chi connectivity index (χ1n) is 7.99. The lowest BCUT2D eigenvalue weighted by molar-refractivity contribution is 0.520. The fraction of sp³-hybridized carbons (Fsp3) is 0.278. The SMILES string of the molecule is Cc1ccc(NC(=S)N2CCc3cc(S(=O)(=O)N(C)C)ccc32)cc1. The molecule has 0 fully saturated rings. The van der Waals surface area contributed by atoms with Crippen LogP contribution in [-0.2, 0) is 16.4 Å². The summed E-state index contributed by atoms with van der Waals surface area (Å²) in [5.41, 5.74) is 4.09. The van der Waals surface area contributed by atoms with Gasteiger partial charge in [0, 0.05) is 32.0 Å². The summed E-state index contributed by atoms with van der Waals surface area (Å²) in [7, 11) is -0.348. The molecule has 1 aliphatic heterocycles. The standard InChI is InChI=1S/C18H21N3O2S2/c1-13-4-6-15(7-5-13)19-18(24)21-11-10-14-12-16(8-9-17(14)21)25(22,23)20(2)3/h4-9,12H,10-11H2,1-3H3,(H,19,24). The Morgan fingerprint density at radius 3 is 2.48 bits per heavy atom. The minimum atomic E-state index is -3.42. The third kappa shape index (κ3) is 3.53. The van der Waals surface area contributed by atoms with Crippen molar-refractivity contribution in [2.75, 3.05) is 30.9 Å². The summed E-state index contributed by atoms with van der Waals surface area (Å²) in [6.07, 6.45) is 0.766. The van der Waals surface area contributed by atoms with Gasteiger partial charge in [0.15, 0.2) is 5.11 Å². The molecule has 0 spiro atoms. The number of aryl methyl sites for hydroxylation is 1. The first kappa shape index (κ1) is 17.8. The van der Waals surface area contributed by atoms with Crippen LogP contribution in [0.2, 0.25) is 0 Å². The van der Waals surface area contributed by atoms with Crippen molar-refractivity contribution in [1.82, 2.24) is 4.31 Å². The highest BCUT2D eigenvalue weighted by Gasteiger charge is 2.25. The highest BCUT2D eigenvalue weighted by atomic mass is 32.2. The molecule has 0 radical (unpaired) electrons. The van der Waals surface area contributed by atoms with Crippen molar-refractivity contribution in [2.24, 2.45) is 0 Å². The van der Waals surface area contributed by atoms with Crippen molar-refractivity contribution in [3.63, 3.8) is 0 Å². The molecule has 25 heavy (non-hydrogen) atoms. The predicted molar refractivity (Wildman–Crippen MR) is 106 cm³/mol. The van der Waals surface area contributed by atoms with Crippen molar-refractivity contribution in [2.45, 2.75) is 18.2 Å². The molecule has 2 aromatic rings. The predicted octanol–water partition coefficient (Wildman–Crippen LogP) is 3.00. The monoisotopic (exact) mass is 375 g/mol. The molecule has 0 aromatic heterocycles. The van der Waals surface area contributed by atoms with E-state index >= 15 is 0 Å². The summed E-state index contributed by atoms with van der Waals surface area (Å²) in [5.74, 6) is 0. The molecule has 0 unspecified atom stereocenters. The Bertz CT molecular complexity index is 906. The molecular formula is C18H21N3O2S2. The number of rotatable bonds is 3. The van der Waals surface area contributed by atoms with Crippen LogP contribution in [-0.4, -0.2) is 38.5 Å². The molecule has 132 valence electrons. The number of nitrogens with one attached hydrogen (secondary N) is 1. The van der Waals surface area contributed by atoms with Crippen LogP contribution in [0.3, 0.4) is 0 Å². The number of fused-ring (bicyclic) bond motifs is 1. The van der Waals surface area contributed by atoms with E-state index in [-0.39, 0.29) is 0 Å². The number of benzene rings is 2. The molecule has 0 bridgehead atoms. The smallest absolute Gasteiger partial charge is 0.242 e. The molecule has 7 heteroatoms. The van der Waals surface area contributed by atoms with Gasteiger partial charge in [0.25, 0.3) is 0 Å². The van der Waals surface area contributed by atoms with Gasteiger partial charge in [-0.25, -0.2) is 12.7 Å². The topological polar surface area (TPSA) is 52.7 Å². The van der Waals surface area contributed by atoms with Crippen LogP contribution in [0.4, 0.5) is 11.4 Å². The summed E-state index contributed by atoms with van der Waals surface area (Å²) < 4.78 is 25.8. The van der Waals surface area contributed by atoms with Crippen molar-refractivity contribution < 1.29 is 8.42 Å². The minimum absolute atomic E-state index is 0.315. The molecule has 1 aliphatic rings. The normalized spacial score (nSPS) is 13.8. The Hall–Kier alpha value is -1.96. The number of nitrogens with zero attached hydrogens (tertiary/aromatic N) is 2. The summed E-state index contributed by atoms with van der Waals surface area (Å²) in [5, 5.41) is 3.86. The van der Waals surface area contributed by atoms with E-state index in [0.29, 0.717) is 10.0 Å². The molecule has 1 N–H and O–H groups in total. The average molecular weight is 376 g/mol. The fourth-order valence-electron chi connectivity index (χ4n) is 2.79. The maximum Gasteiger partial charge on any atom is 0.242 e. The Morgan fingerprint density at radius 1 is 1.16 bits per heavy atom. The summed E-state index contributed by atoms with van der Waals surface area (Å²) in [6, 6.07) is 13.3. The van der Waals surface area contributed by atoms with E-state index in [1.54, 1.807) is 12.1 Å². The second kappa shape index (κ2) is 6.74. The van der Waals surface area contributed by atoms with E-state index in [1.807, 2.05) is 42.2 Å². The van der Waals surface area contributed by atoms with Gasteiger partial charge in [0.2, 0.25) is 10.0 Å². The zero-order valence-corrected chi connectivity index (χ0v) is 16.1. The zero-order chi connectivity index (χ0) is 18.2. The third-order valence-corrected chi connectivity index (χ3v) is 6.41. The Labute approximate surface area is 154 Å². The van der Waals surface area contributed by atoms with Gasteiger partial charge in [-0.1, -0.05) is 17.7 Å². The molecule has 3 rings (SSSR count). The summed E-state index contributed by atoms with van der Waals surface area (Å²) in [4.78, 5) is 2.33. The lowest BCUT2D eigenvalue weighted by Crippen LogP contribution is -2.33. The molecule has 5 nitrogen and oxygen atoms in total. The van der Waals surface area contributed by atoms with Crippen LogP contribution in [0.1, 0.15) is 11.1 Å². The largest absolute Gasteiger partial charge is 0.332 e. The van der Waals surface area contributed by atoms with Gasteiger partial charge in [-0.2, -0.15) is 0 Å². The fourth-order valence-corrected chi connectivity index (χ4v) is 4.05. The second-order valence-corrected chi connectivity index (χ2v) is 8.81. The molecule has 0 amide bonds. The second-order valence-electron chi connectivity index (χ2n) is 6.28. The lowest BCUT2D eigenvalue weighted by atomic mass is 10.2. The first-order chi connectivity index (χ1) is 11.8. The maximum absolute atomic E-state index is 12.3. The minimum Gasteiger partial charge on any atom is -0.332 e. The van der Waals surface area contributed by atoms with E-state index in [4.69, 9.17) is 12.2 Å². The third-order valence-electron chi connectivity index (χ3n) is 4.27. The lowest BCUT2D eigenvalue weighted by Gasteiger charge is -2.21. The van der Waals surface area contributed by atoms with E-state index in [9.17, 15) is 8.42 Å². The average Bonchev–Trinajstić information content (AvgIpc) is 3.00. The highest BCUT2D eigenvalue weighted by molar-refractivity contribution is 7.89. The molecule has 1 heterocycles. The summed E-state index contributed by atoms with van der Waals surface area (Å²) in [6.45, 7) is 2.77. The molecule has 0 saturated heterocycles. The van der Waals surface area contributed by atoms with Crippen molar-refractivity contribution >= 4 is 38.7 Å². The van der Waals surface area contributed by atoms with Crippen LogP contribution in [0, 0.1) is 6.92 Å². The van der Waals surface area contributed by atoms with E-state index in [2.05, 4.69) is 5.32 Å². The van der Waals surface area contributed by atoms with E-state index in [0.717, 1.165) is 29.9 Å². The Balaban J connectivity index is 1.82.